The maximum atomic E-state index is 12.6. The van der Waals surface area contributed by atoms with Crippen molar-refractivity contribution in [1.82, 2.24) is 15.2 Å². The molecular formula is C21H28N4O. The molecular weight excluding hydrogens is 324 g/mol. The van der Waals surface area contributed by atoms with Crippen molar-refractivity contribution in [3.8, 4) is 0 Å². The van der Waals surface area contributed by atoms with Crippen molar-refractivity contribution in [2.24, 2.45) is 0 Å². The molecule has 1 aliphatic heterocycles. The van der Waals surface area contributed by atoms with E-state index >= 15 is 0 Å². The van der Waals surface area contributed by atoms with Crippen LogP contribution in [-0.4, -0.2) is 42.5 Å². The van der Waals surface area contributed by atoms with Crippen LogP contribution in [0.2, 0.25) is 0 Å². The third kappa shape index (κ3) is 4.82. The van der Waals surface area contributed by atoms with Gasteiger partial charge in [-0.25, -0.2) is 4.98 Å². The van der Waals surface area contributed by atoms with Gasteiger partial charge in [-0.15, -0.1) is 0 Å². The van der Waals surface area contributed by atoms with E-state index < -0.39 is 0 Å². The van der Waals surface area contributed by atoms with Gasteiger partial charge >= 0.3 is 0 Å². The van der Waals surface area contributed by atoms with Crippen LogP contribution in [0.3, 0.4) is 0 Å². The number of aromatic nitrogens is 1. The maximum absolute atomic E-state index is 12.6. The van der Waals surface area contributed by atoms with Crippen LogP contribution in [0.1, 0.15) is 47.6 Å². The van der Waals surface area contributed by atoms with Crippen LogP contribution in [0.5, 0.6) is 0 Å². The van der Waals surface area contributed by atoms with Gasteiger partial charge in [0.1, 0.15) is 5.82 Å². The number of carbonyl (C=O) groups is 1. The summed E-state index contributed by atoms with van der Waals surface area (Å²) in [4.78, 5) is 19.3. The molecule has 5 nitrogen and oxygen atoms in total. The van der Waals surface area contributed by atoms with Crippen molar-refractivity contribution in [3.05, 3.63) is 59.8 Å². The fraction of sp³-hybridized carbons (Fsp3) is 0.429. The second kappa shape index (κ2) is 9.34. The van der Waals surface area contributed by atoms with Crippen LogP contribution >= 0.6 is 0 Å². The number of carbonyl (C=O) groups excluding carboxylic acids is 1. The van der Waals surface area contributed by atoms with E-state index in [9.17, 15) is 4.79 Å². The number of nitrogens with zero attached hydrogens (tertiary/aromatic N) is 2. The summed E-state index contributed by atoms with van der Waals surface area (Å²) in [5.74, 6) is 0.643. The number of rotatable bonds is 6. The zero-order valence-corrected chi connectivity index (χ0v) is 15.4. The van der Waals surface area contributed by atoms with Crippen molar-refractivity contribution < 1.29 is 4.79 Å². The molecule has 1 aromatic heterocycles. The maximum Gasteiger partial charge on any atom is 0.251 e. The molecule has 138 valence electrons. The Kier molecular flexibility index (Phi) is 6.61. The molecule has 1 saturated heterocycles. The zero-order valence-electron chi connectivity index (χ0n) is 15.4. The van der Waals surface area contributed by atoms with Crippen molar-refractivity contribution in [3.63, 3.8) is 0 Å². The quantitative estimate of drug-likeness (QED) is 0.836. The average molecular weight is 352 g/mol. The molecule has 1 aromatic carbocycles. The summed E-state index contributed by atoms with van der Waals surface area (Å²) in [6, 6.07) is 14.2. The zero-order chi connectivity index (χ0) is 18.2. The second-order valence-electron chi connectivity index (χ2n) is 6.77. The van der Waals surface area contributed by atoms with Gasteiger partial charge in [-0.1, -0.05) is 43.2 Å². The second-order valence-corrected chi connectivity index (χ2v) is 6.77. The first-order valence-corrected chi connectivity index (χ1v) is 9.49. The first-order chi connectivity index (χ1) is 12.8. The van der Waals surface area contributed by atoms with E-state index in [1.807, 2.05) is 6.07 Å². The van der Waals surface area contributed by atoms with E-state index in [4.69, 9.17) is 0 Å². The fourth-order valence-corrected chi connectivity index (χ4v) is 3.54. The molecule has 0 spiro atoms. The SMILES string of the molecule is CNc1cc(C(=O)NC[C@@H](c2ccccc2)N2CCCCCC2)ccn1. The molecule has 0 saturated carbocycles. The molecule has 0 aliphatic carbocycles. The molecule has 3 rings (SSSR count). The van der Waals surface area contributed by atoms with Crippen LogP contribution < -0.4 is 10.6 Å². The number of benzene rings is 1. The monoisotopic (exact) mass is 352 g/mol. The van der Waals surface area contributed by atoms with E-state index in [2.05, 4.69) is 44.8 Å². The molecule has 1 fully saturated rings. The van der Waals surface area contributed by atoms with Crippen LogP contribution in [0, 0.1) is 0 Å². The molecule has 1 aliphatic rings. The summed E-state index contributed by atoms with van der Waals surface area (Å²) in [7, 11) is 1.80. The lowest BCUT2D eigenvalue weighted by molar-refractivity contribution is 0.0933. The lowest BCUT2D eigenvalue weighted by Crippen LogP contribution is -2.38. The normalized spacial score (nSPS) is 16.5. The highest BCUT2D eigenvalue weighted by atomic mass is 16.1. The van der Waals surface area contributed by atoms with Gasteiger partial charge in [0.2, 0.25) is 0 Å². The lowest BCUT2D eigenvalue weighted by atomic mass is 10.0. The number of pyridine rings is 1. The van der Waals surface area contributed by atoms with Crippen LogP contribution in [0.4, 0.5) is 5.82 Å². The molecule has 0 radical (unpaired) electrons. The standard InChI is InChI=1S/C21H28N4O/c1-22-20-15-18(11-12-23-20)21(26)24-16-19(17-9-5-4-6-10-17)25-13-7-2-3-8-14-25/h4-6,9-12,15,19H,2-3,7-8,13-14,16H2,1H3,(H,22,23)(H,24,26)/t19-/m0/s1. The van der Waals surface area contributed by atoms with Gasteiger partial charge in [-0.3, -0.25) is 9.69 Å². The van der Waals surface area contributed by atoms with Crippen molar-refractivity contribution in [2.75, 3.05) is 32.0 Å². The third-order valence-corrected chi connectivity index (χ3v) is 5.00. The molecule has 2 N–H and O–H groups in total. The van der Waals surface area contributed by atoms with Gasteiger partial charge in [-0.05, 0) is 43.6 Å². The molecule has 1 amide bonds. The Labute approximate surface area is 155 Å². The number of hydrogen-bond acceptors (Lipinski definition) is 4. The Morgan fingerprint density at radius 1 is 1.12 bits per heavy atom. The summed E-state index contributed by atoms with van der Waals surface area (Å²) in [6.45, 7) is 2.79. The fourth-order valence-electron chi connectivity index (χ4n) is 3.54. The minimum atomic E-state index is -0.0559. The van der Waals surface area contributed by atoms with Gasteiger partial charge in [0.05, 0.1) is 6.04 Å². The molecule has 26 heavy (non-hydrogen) atoms. The van der Waals surface area contributed by atoms with Crippen molar-refractivity contribution in [1.29, 1.82) is 0 Å². The number of anilines is 1. The van der Waals surface area contributed by atoms with Crippen LogP contribution in [-0.2, 0) is 0 Å². The molecule has 0 bridgehead atoms. The first kappa shape index (κ1) is 18.4. The van der Waals surface area contributed by atoms with Gasteiger partial charge in [0, 0.05) is 25.4 Å². The summed E-state index contributed by atoms with van der Waals surface area (Å²) in [5.41, 5.74) is 1.90. The summed E-state index contributed by atoms with van der Waals surface area (Å²) >= 11 is 0. The molecule has 1 atom stereocenters. The largest absolute Gasteiger partial charge is 0.373 e. The minimum absolute atomic E-state index is 0.0559. The van der Waals surface area contributed by atoms with Gasteiger partial charge < -0.3 is 10.6 Å². The molecule has 2 aromatic rings. The van der Waals surface area contributed by atoms with Gasteiger partial charge in [0.15, 0.2) is 0 Å². The predicted molar refractivity (Wildman–Crippen MR) is 105 cm³/mol. The highest BCUT2D eigenvalue weighted by molar-refractivity contribution is 5.94. The molecule has 5 heteroatoms. The number of likely N-dealkylation sites (tertiary alicyclic amines) is 1. The molecule has 2 heterocycles. The van der Waals surface area contributed by atoms with E-state index in [0.29, 0.717) is 17.9 Å². The third-order valence-electron chi connectivity index (χ3n) is 5.00. The van der Waals surface area contributed by atoms with E-state index in [1.54, 1.807) is 25.4 Å². The number of amides is 1. The van der Waals surface area contributed by atoms with E-state index in [0.717, 1.165) is 13.1 Å². The van der Waals surface area contributed by atoms with Crippen molar-refractivity contribution >= 4 is 11.7 Å². The summed E-state index contributed by atoms with van der Waals surface area (Å²) < 4.78 is 0. The Balaban J connectivity index is 1.71. The van der Waals surface area contributed by atoms with Gasteiger partial charge in [0.25, 0.3) is 5.91 Å². The number of nitrogens with one attached hydrogen (secondary N) is 2. The Bertz CT molecular complexity index is 696. The first-order valence-electron chi connectivity index (χ1n) is 9.49. The minimum Gasteiger partial charge on any atom is -0.373 e. The van der Waals surface area contributed by atoms with E-state index in [-0.39, 0.29) is 11.9 Å². The number of hydrogen-bond donors (Lipinski definition) is 2. The highest BCUT2D eigenvalue weighted by Gasteiger charge is 2.22. The van der Waals surface area contributed by atoms with Gasteiger partial charge in [-0.2, -0.15) is 0 Å². The summed E-state index contributed by atoms with van der Waals surface area (Å²) in [6.07, 6.45) is 6.72. The topological polar surface area (TPSA) is 57.3 Å². The summed E-state index contributed by atoms with van der Waals surface area (Å²) in [5, 5.41) is 6.10. The Morgan fingerprint density at radius 2 is 1.85 bits per heavy atom. The van der Waals surface area contributed by atoms with Crippen LogP contribution in [0.15, 0.2) is 48.7 Å². The smallest absolute Gasteiger partial charge is 0.251 e. The average Bonchev–Trinajstić information content (AvgIpc) is 2.98. The Hall–Kier alpha value is -2.40. The van der Waals surface area contributed by atoms with Crippen LogP contribution in [0.25, 0.3) is 0 Å². The predicted octanol–water partition coefficient (Wildman–Crippen LogP) is 3.47. The van der Waals surface area contributed by atoms with Crippen molar-refractivity contribution in [2.45, 2.75) is 31.7 Å². The Morgan fingerprint density at radius 3 is 2.54 bits per heavy atom. The van der Waals surface area contributed by atoms with E-state index in [1.165, 1.54) is 31.2 Å². The lowest BCUT2D eigenvalue weighted by Gasteiger charge is -2.31. The molecule has 0 unspecified atom stereocenters. The highest BCUT2D eigenvalue weighted by Crippen LogP contribution is 2.23.